The summed E-state index contributed by atoms with van der Waals surface area (Å²) >= 11 is 1.49. The molecule has 7 heteroatoms. The fourth-order valence-electron chi connectivity index (χ4n) is 1.54. The van der Waals surface area contributed by atoms with Crippen molar-refractivity contribution in [2.24, 2.45) is 0 Å². The summed E-state index contributed by atoms with van der Waals surface area (Å²) in [7, 11) is -3.25. The maximum Gasteiger partial charge on any atom is 0.214 e. The third-order valence-corrected chi connectivity index (χ3v) is 5.85. The number of nitrogens with zero attached hydrogens (tertiary/aromatic N) is 2. The molecule has 2 heterocycles. The number of hydrogen-bond acceptors (Lipinski definition) is 5. The minimum absolute atomic E-state index is 0.282. The van der Waals surface area contributed by atoms with Crippen LogP contribution in [0.3, 0.4) is 0 Å². The number of thiazole rings is 1. The highest BCUT2D eigenvalue weighted by Crippen LogP contribution is 2.27. The Morgan fingerprint density at radius 3 is 2.75 bits per heavy atom. The molecular weight excluding hydrogens is 294 g/mol. The molecule has 0 aliphatic carbocycles. The van der Waals surface area contributed by atoms with Crippen LogP contribution in [-0.4, -0.2) is 23.6 Å². The highest BCUT2D eigenvalue weighted by Gasteiger charge is 2.17. The van der Waals surface area contributed by atoms with Crippen molar-refractivity contribution in [2.45, 2.75) is 32.6 Å². The van der Waals surface area contributed by atoms with Crippen LogP contribution in [0, 0.1) is 6.92 Å². The first-order valence-corrected chi connectivity index (χ1v) is 8.61. The number of aromatic nitrogens is 2. The van der Waals surface area contributed by atoms with Gasteiger partial charge < -0.3 is 0 Å². The lowest BCUT2D eigenvalue weighted by Gasteiger charge is -2.08. The topological polar surface area (TPSA) is 72.0 Å². The second kappa shape index (κ2) is 5.99. The highest BCUT2D eigenvalue weighted by molar-refractivity contribution is 7.90. The van der Waals surface area contributed by atoms with Gasteiger partial charge in [0.15, 0.2) is 0 Å². The average Bonchev–Trinajstić information content (AvgIpc) is 2.79. The Balaban J connectivity index is 2.17. The van der Waals surface area contributed by atoms with E-state index in [2.05, 4.69) is 14.7 Å². The number of pyridine rings is 1. The van der Waals surface area contributed by atoms with E-state index < -0.39 is 15.3 Å². The molecule has 0 fully saturated rings. The second-order valence-electron chi connectivity index (χ2n) is 4.68. The van der Waals surface area contributed by atoms with E-state index in [1.807, 2.05) is 19.1 Å². The summed E-state index contributed by atoms with van der Waals surface area (Å²) in [5.74, 6) is 0. The number of aryl methyl sites for hydroxylation is 1. The van der Waals surface area contributed by atoms with Crippen LogP contribution in [0.2, 0.25) is 0 Å². The van der Waals surface area contributed by atoms with Crippen molar-refractivity contribution in [3.63, 3.8) is 0 Å². The standard InChI is InChI=1S/C13H17N3O2S2/c1-9(2)20(17,18)15-8-12-10(3)16-13(19-12)11-5-4-6-14-7-11/h4-7,9,15H,8H2,1-3H3. The molecular formula is C13H17N3O2S2. The first kappa shape index (κ1) is 15.1. The van der Waals surface area contributed by atoms with E-state index in [1.54, 1.807) is 26.2 Å². The molecule has 0 aromatic carbocycles. The van der Waals surface area contributed by atoms with E-state index in [4.69, 9.17) is 0 Å². The Bertz CT molecular complexity index is 679. The van der Waals surface area contributed by atoms with Crippen LogP contribution in [0.5, 0.6) is 0 Å². The highest BCUT2D eigenvalue weighted by atomic mass is 32.2. The molecule has 0 unspecified atom stereocenters. The van der Waals surface area contributed by atoms with Crippen LogP contribution in [-0.2, 0) is 16.6 Å². The maximum absolute atomic E-state index is 11.8. The van der Waals surface area contributed by atoms with Gasteiger partial charge in [-0.2, -0.15) is 0 Å². The van der Waals surface area contributed by atoms with Crippen molar-refractivity contribution in [2.75, 3.05) is 0 Å². The Hall–Kier alpha value is -1.31. The fraction of sp³-hybridized carbons (Fsp3) is 0.385. The van der Waals surface area contributed by atoms with Crippen molar-refractivity contribution in [3.8, 4) is 10.6 Å². The number of nitrogens with one attached hydrogen (secondary N) is 1. The monoisotopic (exact) mass is 311 g/mol. The van der Waals surface area contributed by atoms with Crippen molar-refractivity contribution < 1.29 is 8.42 Å². The van der Waals surface area contributed by atoms with E-state index in [-0.39, 0.29) is 6.54 Å². The van der Waals surface area contributed by atoms with Crippen molar-refractivity contribution in [3.05, 3.63) is 35.1 Å². The number of rotatable bonds is 5. The van der Waals surface area contributed by atoms with Gasteiger partial charge >= 0.3 is 0 Å². The van der Waals surface area contributed by atoms with Gasteiger partial charge in [0, 0.05) is 29.4 Å². The third-order valence-electron chi connectivity index (χ3n) is 2.86. The predicted molar refractivity (Wildman–Crippen MR) is 81.0 cm³/mol. The van der Waals surface area contributed by atoms with Gasteiger partial charge in [0.1, 0.15) is 5.01 Å². The Morgan fingerprint density at radius 1 is 1.40 bits per heavy atom. The summed E-state index contributed by atoms with van der Waals surface area (Å²) in [5, 5.41) is 0.419. The lowest BCUT2D eigenvalue weighted by Crippen LogP contribution is -2.30. The van der Waals surface area contributed by atoms with Gasteiger partial charge in [-0.15, -0.1) is 11.3 Å². The van der Waals surface area contributed by atoms with Gasteiger partial charge in [0.2, 0.25) is 10.0 Å². The van der Waals surface area contributed by atoms with Crippen LogP contribution < -0.4 is 4.72 Å². The quantitative estimate of drug-likeness (QED) is 0.920. The Kier molecular flexibility index (Phi) is 4.52. The zero-order valence-corrected chi connectivity index (χ0v) is 13.3. The zero-order valence-electron chi connectivity index (χ0n) is 11.6. The molecule has 0 saturated heterocycles. The van der Waals surface area contributed by atoms with E-state index in [0.29, 0.717) is 0 Å². The molecule has 2 rings (SSSR count). The summed E-state index contributed by atoms with van der Waals surface area (Å²) in [6, 6.07) is 3.79. The molecule has 1 N–H and O–H groups in total. The summed E-state index contributed by atoms with van der Waals surface area (Å²) < 4.78 is 26.1. The summed E-state index contributed by atoms with van der Waals surface area (Å²) in [5.41, 5.74) is 1.79. The molecule has 108 valence electrons. The van der Waals surface area contributed by atoms with Gasteiger partial charge in [-0.3, -0.25) is 4.98 Å². The Morgan fingerprint density at radius 2 is 2.15 bits per heavy atom. The third kappa shape index (κ3) is 3.41. The summed E-state index contributed by atoms with van der Waals surface area (Å²) in [6.07, 6.45) is 3.46. The van der Waals surface area contributed by atoms with E-state index in [9.17, 15) is 8.42 Å². The van der Waals surface area contributed by atoms with Gasteiger partial charge in [-0.05, 0) is 32.9 Å². The smallest absolute Gasteiger partial charge is 0.214 e. The number of sulfonamides is 1. The molecule has 0 aliphatic rings. The lowest BCUT2D eigenvalue weighted by molar-refractivity contribution is 0.572. The second-order valence-corrected chi connectivity index (χ2v) is 8.09. The molecule has 2 aromatic heterocycles. The fourth-order valence-corrected chi connectivity index (χ4v) is 3.30. The van der Waals surface area contributed by atoms with Gasteiger partial charge in [0.25, 0.3) is 0 Å². The average molecular weight is 311 g/mol. The minimum Gasteiger partial charge on any atom is -0.264 e. The van der Waals surface area contributed by atoms with Crippen molar-refractivity contribution in [1.82, 2.24) is 14.7 Å². The molecule has 2 aromatic rings. The molecule has 0 spiro atoms. The molecule has 5 nitrogen and oxygen atoms in total. The van der Waals surface area contributed by atoms with E-state index in [0.717, 1.165) is 21.1 Å². The van der Waals surface area contributed by atoms with E-state index in [1.165, 1.54) is 11.3 Å². The van der Waals surface area contributed by atoms with Crippen molar-refractivity contribution >= 4 is 21.4 Å². The molecule has 20 heavy (non-hydrogen) atoms. The van der Waals surface area contributed by atoms with Gasteiger partial charge in [-0.1, -0.05) is 0 Å². The Labute approximate surface area is 123 Å². The van der Waals surface area contributed by atoms with Crippen LogP contribution in [0.25, 0.3) is 10.6 Å². The normalized spacial score (nSPS) is 12.0. The van der Waals surface area contributed by atoms with Crippen molar-refractivity contribution in [1.29, 1.82) is 0 Å². The first-order valence-electron chi connectivity index (χ1n) is 6.25. The zero-order chi connectivity index (χ0) is 14.8. The molecule has 0 atom stereocenters. The van der Waals surface area contributed by atoms with Crippen LogP contribution in [0.1, 0.15) is 24.4 Å². The predicted octanol–water partition coefficient (Wildman–Crippen LogP) is 2.34. The van der Waals surface area contributed by atoms with E-state index >= 15 is 0 Å². The van der Waals surface area contributed by atoms with Crippen LogP contribution in [0.15, 0.2) is 24.5 Å². The summed E-state index contributed by atoms with van der Waals surface area (Å²) in [6.45, 7) is 5.48. The maximum atomic E-state index is 11.8. The number of hydrogen-bond donors (Lipinski definition) is 1. The summed E-state index contributed by atoms with van der Waals surface area (Å²) in [4.78, 5) is 9.46. The molecule has 0 radical (unpaired) electrons. The first-order chi connectivity index (χ1) is 9.40. The molecule has 0 saturated carbocycles. The minimum atomic E-state index is -3.25. The van der Waals surface area contributed by atoms with Gasteiger partial charge in [-0.25, -0.2) is 18.1 Å². The molecule has 0 amide bonds. The molecule has 0 aliphatic heterocycles. The SMILES string of the molecule is Cc1nc(-c2cccnc2)sc1CNS(=O)(=O)C(C)C. The lowest BCUT2D eigenvalue weighted by atomic mass is 10.3. The largest absolute Gasteiger partial charge is 0.264 e. The van der Waals surface area contributed by atoms with Gasteiger partial charge in [0.05, 0.1) is 10.9 Å². The van der Waals surface area contributed by atoms with Crippen LogP contribution >= 0.6 is 11.3 Å². The molecule has 0 bridgehead atoms. The van der Waals surface area contributed by atoms with Crippen LogP contribution in [0.4, 0.5) is 0 Å².